The number of rotatable bonds is 4. The molecule has 3 aromatic rings. The van der Waals surface area contributed by atoms with Crippen LogP contribution in [0.25, 0.3) is 0 Å². The molecule has 4 nitrogen and oxygen atoms in total. The van der Waals surface area contributed by atoms with Gasteiger partial charge in [0, 0.05) is 24.9 Å². The summed E-state index contributed by atoms with van der Waals surface area (Å²) in [7, 11) is 0. The van der Waals surface area contributed by atoms with E-state index in [4.69, 9.17) is 0 Å². The van der Waals surface area contributed by atoms with E-state index in [-0.39, 0.29) is 11.9 Å². The van der Waals surface area contributed by atoms with E-state index in [1.807, 2.05) is 42.3 Å². The summed E-state index contributed by atoms with van der Waals surface area (Å²) in [6.07, 6.45) is 4.76. The number of carbonyl (C=O) groups excluding carboxylic acids is 1. The van der Waals surface area contributed by atoms with Crippen LogP contribution in [0.4, 0.5) is 0 Å². The fourth-order valence-corrected chi connectivity index (χ4v) is 4.57. The van der Waals surface area contributed by atoms with Crippen LogP contribution >= 0.6 is 11.3 Å². The van der Waals surface area contributed by atoms with Crippen LogP contribution in [0.5, 0.6) is 0 Å². The smallest absolute Gasteiger partial charge is 0.266 e. The van der Waals surface area contributed by atoms with Crippen LogP contribution in [0.3, 0.4) is 0 Å². The van der Waals surface area contributed by atoms with E-state index < -0.39 is 0 Å². The molecule has 1 fully saturated rings. The number of likely N-dealkylation sites (tertiary alicyclic amines) is 1. The second-order valence-corrected chi connectivity index (χ2v) is 7.55. The first-order chi connectivity index (χ1) is 12.2. The first kappa shape index (κ1) is 16.1. The van der Waals surface area contributed by atoms with Crippen molar-refractivity contribution in [2.45, 2.75) is 32.2 Å². The SMILES string of the molecule is Cc1nc(Cc2ccccc2)sc1C(=O)N1CCC[C@H]1c1ccc[nH]1. The zero-order chi connectivity index (χ0) is 17.2. The highest BCUT2D eigenvalue weighted by Gasteiger charge is 2.33. The molecule has 5 heteroatoms. The number of hydrogen-bond acceptors (Lipinski definition) is 3. The lowest BCUT2D eigenvalue weighted by Gasteiger charge is -2.23. The van der Waals surface area contributed by atoms with Gasteiger partial charge in [-0.1, -0.05) is 30.3 Å². The number of hydrogen-bond donors (Lipinski definition) is 1. The minimum atomic E-state index is 0.117. The molecule has 1 aliphatic heterocycles. The number of nitrogens with one attached hydrogen (secondary N) is 1. The molecule has 0 saturated carbocycles. The Kier molecular flexibility index (Phi) is 4.40. The van der Waals surface area contributed by atoms with Crippen LogP contribution in [0.15, 0.2) is 48.7 Å². The number of benzene rings is 1. The molecule has 0 unspecified atom stereocenters. The molecule has 4 rings (SSSR count). The van der Waals surface area contributed by atoms with Gasteiger partial charge >= 0.3 is 0 Å². The lowest BCUT2D eigenvalue weighted by atomic mass is 10.1. The molecule has 1 saturated heterocycles. The summed E-state index contributed by atoms with van der Waals surface area (Å²) in [6.45, 7) is 2.76. The largest absolute Gasteiger partial charge is 0.363 e. The standard InChI is InChI=1S/C20H21N3OS/c1-14-19(25-18(22-14)13-15-7-3-2-4-8-15)20(24)23-12-6-10-17(23)16-9-5-11-21-16/h2-5,7-9,11,17,21H,6,10,12-13H2,1H3/t17-/m0/s1. The van der Waals surface area contributed by atoms with Gasteiger partial charge in [-0.25, -0.2) is 4.98 Å². The maximum absolute atomic E-state index is 13.1. The van der Waals surface area contributed by atoms with E-state index in [9.17, 15) is 4.79 Å². The molecular formula is C20H21N3OS. The highest BCUT2D eigenvalue weighted by atomic mass is 32.1. The molecule has 0 spiro atoms. The van der Waals surface area contributed by atoms with Gasteiger partial charge in [0.15, 0.2) is 0 Å². The first-order valence-corrected chi connectivity index (χ1v) is 9.48. The van der Waals surface area contributed by atoms with Crippen molar-refractivity contribution < 1.29 is 4.79 Å². The van der Waals surface area contributed by atoms with Crippen LogP contribution in [-0.2, 0) is 6.42 Å². The number of aromatic amines is 1. The molecule has 1 amide bonds. The van der Waals surface area contributed by atoms with Crippen molar-refractivity contribution in [2.75, 3.05) is 6.54 Å². The third kappa shape index (κ3) is 3.24. The van der Waals surface area contributed by atoms with Gasteiger partial charge in [-0.2, -0.15) is 0 Å². The van der Waals surface area contributed by atoms with Gasteiger partial charge in [0.05, 0.1) is 16.7 Å². The van der Waals surface area contributed by atoms with E-state index >= 15 is 0 Å². The molecule has 0 aliphatic carbocycles. The minimum absolute atomic E-state index is 0.117. The van der Waals surface area contributed by atoms with Gasteiger partial charge in [0.1, 0.15) is 4.88 Å². The zero-order valence-electron chi connectivity index (χ0n) is 14.2. The predicted octanol–water partition coefficient (Wildman–Crippen LogP) is 4.35. The van der Waals surface area contributed by atoms with E-state index in [1.54, 1.807) is 0 Å². The van der Waals surface area contributed by atoms with Gasteiger partial charge in [-0.3, -0.25) is 4.79 Å². The summed E-state index contributed by atoms with van der Waals surface area (Å²) in [5.74, 6) is 0.117. The number of aromatic nitrogens is 2. The Morgan fingerprint density at radius 2 is 2.12 bits per heavy atom. The topological polar surface area (TPSA) is 49.0 Å². The van der Waals surface area contributed by atoms with Gasteiger partial charge in [0.2, 0.25) is 0 Å². The summed E-state index contributed by atoms with van der Waals surface area (Å²) in [5, 5.41) is 1.00. The Labute approximate surface area is 151 Å². The predicted molar refractivity (Wildman–Crippen MR) is 99.9 cm³/mol. The second kappa shape index (κ2) is 6.84. The normalized spacial score (nSPS) is 17.2. The van der Waals surface area contributed by atoms with Crippen molar-refractivity contribution in [3.8, 4) is 0 Å². The quantitative estimate of drug-likeness (QED) is 0.760. The summed E-state index contributed by atoms with van der Waals surface area (Å²) in [5.41, 5.74) is 3.19. The zero-order valence-corrected chi connectivity index (χ0v) is 15.1. The van der Waals surface area contributed by atoms with Crippen molar-refractivity contribution in [1.29, 1.82) is 0 Å². The number of carbonyl (C=O) groups is 1. The van der Waals surface area contributed by atoms with Crippen LogP contribution in [0.2, 0.25) is 0 Å². The summed E-state index contributed by atoms with van der Waals surface area (Å²) in [4.78, 5) is 23.8. The number of H-pyrrole nitrogens is 1. The second-order valence-electron chi connectivity index (χ2n) is 6.47. The van der Waals surface area contributed by atoms with Gasteiger partial charge in [-0.05, 0) is 37.5 Å². The average molecular weight is 351 g/mol. The minimum Gasteiger partial charge on any atom is -0.363 e. The van der Waals surface area contributed by atoms with E-state index in [2.05, 4.69) is 28.2 Å². The van der Waals surface area contributed by atoms with E-state index in [1.165, 1.54) is 16.9 Å². The maximum Gasteiger partial charge on any atom is 0.266 e. The van der Waals surface area contributed by atoms with Crippen molar-refractivity contribution in [3.63, 3.8) is 0 Å². The van der Waals surface area contributed by atoms with Crippen molar-refractivity contribution >= 4 is 17.2 Å². The molecule has 1 aromatic carbocycles. The molecule has 2 aromatic heterocycles. The van der Waals surface area contributed by atoms with Crippen molar-refractivity contribution in [1.82, 2.24) is 14.9 Å². The highest BCUT2D eigenvalue weighted by Crippen LogP contribution is 2.34. The lowest BCUT2D eigenvalue weighted by molar-refractivity contribution is 0.0737. The van der Waals surface area contributed by atoms with Crippen molar-refractivity contribution in [2.24, 2.45) is 0 Å². The summed E-state index contributed by atoms with van der Waals surface area (Å²) >= 11 is 1.54. The van der Waals surface area contributed by atoms with Crippen LogP contribution in [0, 0.1) is 6.92 Å². The van der Waals surface area contributed by atoms with Crippen LogP contribution < -0.4 is 0 Å². The van der Waals surface area contributed by atoms with E-state index in [0.29, 0.717) is 0 Å². The molecule has 1 N–H and O–H groups in total. The lowest BCUT2D eigenvalue weighted by Crippen LogP contribution is -2.30. The number of thiazole rings is 1. The Balaban J connectivity index is 1.56. The van der Waals surface area contributed by atoms with Crippen LogP contribution in [0.1, 0.15) is 50.5 Å². The number of nitrogens with zero attached hydrogens (tertiary/aromatic N) is 2. The van der Waals surface area contributed by atoms with Crippen molar-refractivity contribution in [3.05, 3.63) is 75.5 Å². The fourth-order valence-electron chi connectivity index (χ4n) is 3.51. The Hall–Kier alpha value is -2.40. The van der Waals surface area contributed by atoms with Gasteiger partial charge in [-0.15, -0.1) is 11.3 Å². The molecule has 0 radical (unpaired) electrons. The Bertz CT molecular complexity index is 854. The molecule has 1 aliphatic rings. The van der Waals surface area contributed by atoms with Crippen LogP contribution in [-0.4, -0.2) is 27.3 Å². The molecule has 0 bridgehead atoms. The monoisotopic (exact) mass is 351 g/mol. The first-order valence-electron chi connectivity index (χ1n) is 8.67. The Morgan fingerprint density at radius 1 is 1.28 bits per heavy atom. The van der Waals surface area contributed by atoms with Gasteiger partial charge < -0.3 is 9.88 Å². The molecule has 3 heterocycles. The average Bonchev–Trinajstić information content (AvgIpc) is 3.35. The molecule has 25 heavy (non-hydrogen) atoms. The maximum atomic E-state index is 13.1. The fraction of sp³-hybridized carbons (Fsp3) is 0.300. The Morgan fingerprint density at radius 3 is 2.88 bits per heavy atom. The molecule has 128 valence electrons. The number of amides is 1. The summed E-state index contributed by atoms with van der Waals surface area (Å²) in [6, 6.07) is 14.5. The summed E-state index contributed by atoms with van der Waals surface area (Å²) < 4.78 is 0. The molecular weight excluding hydrogens is 330 g/mol. The highest BCUT2D eigenvalue weighted by molar-refractivity contribution is 7.13. The number of aryl methyl sites for hydroxylation is 1. The third-order valence-corrected chi connectivity index (χ3v) is 5.87. The van der Waals surface area contributed by atoms with E-state index in [0.717, 1.165) is 47.1 Å². The van der Waals surface area contributed by atoms with Gasteiger partial charge in [0.25, 0.3) is 5.91 Å². The third-order valence-electron chi connectivity index (χ3n) is 4.73. The molecule has 1 atom stereocenters.